The SMILES string of the molecule is Cc1ccccc1C1(Cc2cc(F)cc(Br)c2)CNC1. The third-order valence-electron chi connectivity index (χ3n) is 4.11. The Balaban J connectivity index is 1.96. The second-order valence-electron chi connectivity index (χ2n) is 5.65. The van der Waals surface area contributed by atoms with Crippen molar-refractivity contribution >= 4 is 15.9 Å². The molecule has 0 unspecified atom stereocenters. The number of rotatable bonds is 3. The maximum Gasteiger partial charge on any atom is 0.124 e. The summed E-state index contributed by atoms with van der Waals surface area (Å²) in [4.78, 5) is 0. The Kier molecular flexibility index (Phi) is 3.65. The van der Waals surface area contributed by atoms with Crippen LogP contribution in [0.3, 0.4) is 0 Å². The first-order valence-electron chi connectivity index (χ1n) is 6.81. The van der Waals surface area contributed by atoms with Crippen molar-refractivity contribution in [2.75, 3.05) is 13.1 Å². The molecule has 0 saturated carbocycles. The van der Waals surface area contributed by atoms with Crippen LogP contribution < -0.4 is 5.32 Å². The summed E-state index contributed by atoms with van der Waals surface area (Å²) in [6, 6.07) is 13.7. The molecular formula is C17H17BrFN. The Labute approximate surface area is 127 Å². The molecule has 1 N–H and O–H groups in total. The Bertz CT molecular complexity index is 614. The number of nitrogens with one attached hydrogen (secondary N) is 1. The van der Waals surface area contributed by atoms with E-state index in [4.69, 9.17) is 0 Å². The summed E-state index contributed by atoms with van der Waals surface area (Å²) in [6.07, 6.45) is 0.862. The van der Waals surface area contributed by atoms with Crippen LogP contribution in [0, 0.1) is 12.7 Å². The fraction of sp³-hybridized carbons (Fsp3) is 0.294. The third-order valence-corrected chi connectivity index (χ3v) is 4.57. The van der Waals surface area contributed by atoms with E-state index in [0.717, 1.165) is 29.5 Å². The summed E-state index contributed by atoms with van der Waals surface area (Å²) >= 11 is 3.38. The molecule has 0 aromatic heterocycles. The summed E-state index contributed by atoms with van der Waals surface area (Å²) < 4.78 is 14.4. The summed E-state index contributed by atoms with van der Waals surface area (Å²) in [7, 11) is 0. The van der Waals surface area contributed by atoms with E-state index in [1.165, 1.54) is 17.2 Å². The van der Waals surface area contributed by atoms with Gasteiger partial charge in [-0.2, -0.15) is 0 Å². The van der Waals surface area contributed by atoms with Crippen LogP contribution in [0.4, 0.5) is 4.39 Å². The maximum absolute atomic E-state index is 13.6. The van der Waals surface area contributed by atoms with E-state index in [9.17, 15) is 4.39 Å². The van der Waals surface area contributed by atoms with Gasteiger partial charge >= 0.3 is 0 Å². The lowest BCUT2D eigenvalue weighted by molar-refractivity contribution is 0.273. The number of benzene rings is 2. The smallest absolute Gasteiger partial charge is 0.124 e. The Morgan fingerprint density at radius 1 is 1.20 bits per heavy atom. The van der Waals surface area contributed by atoms with Gasteiger partial charge in [-0.25, -0.2) is 4.39 Å². The highest BCUT2D eigenvalue weighted by atomic mass is 79.9. The normalized spacial score (nSPS) is 16.8. The highest BCUT2D eigenvalue weighted by molar-refractivity contribution is 9.10. The minimum absolute atomic E-state index is 0.0958. The van der Waals surface area contributed by atoms with Crippen molar-refractivity contribution in [2.24, 2.45) is 0 Å². The van der Waals surface area contributed by atoms with Gasteiger partial charge in [0.1, 0.15) is 5.82 Å². The number of hydrogen-bond acceptors (Lipinski definition) is 1. The molecule has 0 radical (unpaired) electrons. The molecular weight excluding hydrogens is 317 g/mol. The van der Waals surface area contributed by atoms with Gasteiger partial charge in [0.25, 0.3) is 0 Å². The Morgan fingerprint density at radius 3 is 2.55 bits per heavy atom. The molecule has 20 heavy (non-hydrogen) atoms. The molecule has 2 aromatic carbocycles. The van der Waals surface area contributed by atoms with Gasteiger partial charge in [0.15, 0.2) is 0 Å². The Morgan fingerprint density at radius 2 is 1.95 bits per heavy atom. The van der Waals surface area contributed by atoms with E-state index in [-0.39, 0.29) is 11.2 Å². The largest absolute Gasteiger partial charge is 0.315 e. The zero-order chi connectivity index (χ0) is 14.2. The predicted molar refractivity (Wildman–Crippen MR) is 83.5 cm³/mol. The van der Waals surface area contributed by atoms with Crippen molar-refractivity contribution in [1.82, 2.24) is 5.32 Å². The molecule has 0 spiro atoms. The quantitative estimate of drug-likeness (QED) is 0.895. The highest BCUT2D eigenvalue weighted by Gasteiger charge is 2.39. The standard InChI is InChI=1S/C17H17BrFN/c1-12-4-2-3-5-16(12)17(10-20-11-17)9-13-6-14(18)8-15(19)7-13/h2-8,20H,9-11H2,1H3. The fourth-order valence-corrected chi connectivity index (χ4v) is 3.62. The van der Waals surface area contributed by atoms with E-state index in [0.29, 0.717) is 0 Å². The lowest BCUT2D eigenvalue weighted by atomic mass is 9.69. The van der Waals surface area contributed by atoms with Gasteiger partial charge in [-0.05, 0) is 48.2 Å². The van der Waals surface area contributed by atoms with Gasteiger partial charge < -0.3 is 5.32 Å². The van der Waals surface area contributed by atoms with Crippen LogP contribution in [-0.4, -0.2) is 13.1 Å². The number of halogens is 2. The van der Waals surface area contributed by atoms with Crippen LogP contribution in [0.2, 0.25) is 0 Å². The molecule has 104 valence electrons. The zero-order valence-corrected chi connectivity index (χ0v) is 13.0. The second kappa shape index (κ2) is 5.30. The molecule has 1 nitrogen and oxygen atoms in total. The first-order valence-corrected chi connectivity index (χ1v) is 7.60. The molecule has 3 heteroatoms. The monoisotopic (exact) mass is 333 g/mol. The summed E-state index contributed by atoms with van der Waals surface area (Å²) in [5.74, 6) is -0.179. The summed E-state index contributed by atoms with van der Waals surface area (Å²) in [5.41, 5.74) is 3.82. The summed E-state index contributed by atoms with van der Waals surface area (Å²) in [6.45, 7) is 4.05. The molecule has 1 saturated heterocycles. The fourth-order valence-electron chi connectivity index (χ4n) is 3.11. The molecule has 0 bridgehead atoms. The van der Waals surface area contributed by atoms with Crippen LogP contribution >= 0.6 is 15.9 Å². The van der Waals surface area contributed by atoms with E-state index in [1.807, 2.05) is 6.07 Å². The van der Waals surface area contributed by atoms with Crippen LogP contribution in [-0.2, 0) is 11.8 Å². The molecule has 0 aliphatic carbocycles. The first kappa shape index (κ1) is 13.8. The van der Waals surface area contributed by atoms with E-state index in [2.05, 4.69) is 52.4 Å². The van der Waals surface area contributed by atoms with Crippen molar-refractivity contribution in [1.29, 1.82) is 0 Å². The van der Waals surface area contributed by atoms with Crippen LogP contribution in [0.25, 0.3) is 0 Å². The topological polar surface area (TPSA) is 12.0 Å². The molecule has 1 heterocycles. The van der Waals surface area contributed by atoms with E-state index in [1.54, 1.807) is 6.07 Å². The van der Waals surface area contributed by atoms with Crippen molar-refractivity contribution in [3.8, 4) is 0 Å². The molecule has 2 aromatic rings. The minimum Gasteiger partial charge on any atom is -0.315 e. The first-order chi connectivity index (χ1) is 9.59. The van der Waals surface area contributed by atoms with Crippen molar-refractivity contribution in [3.05, 3.63) is 69.4 Å². The molecule has 0 atom stereocenters. The molecule has 3 rings (SSSR count). The van der Waals surface area contributed by atoms with Gasteiger partial charge in [0, 0.05) is 23.0 Å². The minimum atomic E-state index is -0.179. The molecule has 0 amide bonds. The average Bonchev–Trinajstić information content (AvgIpc) is 2.34. The van der Waals surface area contributed by atoms with Gasteiger partial charge in [-0.3, -0.25) is 0 Å². The second-order valence-corrected chi connectivity index (χ2v) is 6.57. The third kappa shape index (κ3) is 2.52. The number of hydrogen-bond donors (Lipinski definition) is 1. The summed E-state index contributed by atoms with van der Waals surface area (Å²) in [5, 5.41) is 3.37. The van der Waals surface area contributed by atoms with Crippen molar-refractivity contribution in [3.63, 3.8) is 0 Å². The van der Waals surface area contributed by atoms with Gasteiger partial charge in [-0.1, -0.05) is 40.2 Å². The van der Waals surface area contributed by atoms with Crippen LogP contribution in [0.1, 0.15) is 16.7 Å². The van der Waals surface area contributed by atoms with Gasteiger partial charge in [0.05, 0.1) is 0 Å². The zero-order valence-electron chi connectivity index (χ0n) is 11.4. The van der Waals surface area contributed by atoms with Crippen molar-refractivity contribution in [2.45, 2.75) is 18.8 Å². The van der Waals surface area contributed by atoms with Crippen LogP contribution in [0.5, 0.6) is 0 Å². The van der Waals surface area contributed by atoms with E-state index >= 15 is 0 Å². The van der Waals surface area contributed by atoms with E-state index < -0.39 is 0 Å². The van der Waals surface area contributed by atoms with Crippen molar-refractivity contribution < 1.29 is 4.39 Å². The number of aryl methyl sites for hydroxylation is 1. The molecule has 1 aliphatic rings. The van der Waals surface area contributed by atoms with Gasteiger partial charge in [0.2, 0.25) is 0 Å². The lowest BCUT2D eigenvalue weighted by Gasteiger charge is -2.44. The Hall–Kier alpha value is -1.19. The molecule has 1 fully saturated rings. The highest BCUT2D eigenvalue weighted by Crippen LogP contribution is 2.35. The maximum atomic E-state index is 13.6. The predicted octanol–water partition coefficient (Wildman–Crippen LogP) is 3.98. The average molecular weight is 334 g/mol. The lowest BCUT2D eigenvalue weighted by Crippen LogP contribution is -2.58. The molecule has 1 aliphatic heterocycles. The van der Waals surface area contributed by atoms with Gasteiger partial charge in [-0.15, -0.1) is 0 Å². The van der Waals surface area contributed by atoms with Crippen LogP contribution in [0.15, 0.2) is 46.9 Å².